The smallest absolute Gasteiger partial charge is 0.128 e. The van der Waals surface area contributed by atoms with Gasteiger partial charge in [0.05, 0.1) is 24.4 Å². The van der Waals surface area contributed by atoms with Gasteiger partial charge in [-0.3, -0.25) is 4.98 Å². The van der Waals surface area contributed by atoms with Crippen molar-refractivity contribution < 1.29 is 4.74 Å². The van der Waals surface area contributed by atoms with Crippen LogP contribution in [0.5, 0.6) is 5.75 Å². The van der Waals surface area contributed by atoms with Crippen LogP contribution in [0.25, 0.3) is 0 Å². The lowest BCUT2D eigenvalue weighted by Crippen LogP contribution is -2.15. The van der Waals surface area contributed by atoms with Gasteiger partial charge in [0, 0.05) is 30.4 Å². The summed E-state index contributed by atoms with van der Waals surface area (Å²) in [6.45, 7) is 5.38. The summed E-state index contributed by atoms with van der Waals surface area (Å²) in [5.74, 6) is 0.897. The molecule has 4 heteroatoms. The van der Waals surface area contributed by atoms with Crippen molar-refractivity contribution in [2.75, 3.05) is 7.11 Å². The Balaban J connectivity index is 2.02. The summed E-state index contributed by atoms with van der Waals surface area (Å²) in [6.07, 6.45) is 1.83. The molecule has 0 fully saturated rings. The summed E-state index contributed by atoms with van der Waals surface area (Å²) < 4.78 is 5.41. The van der Waals surface area contributed by atoms with Crippen LogP contribution in [0.4, 0.5) is 0 Å². The van der Waals surface area contributed by atoms with Gasteiger partial charge in [0.25, 0.3) is 0 Å². The zero-order valence-corrected chi connectivity index (χ0v) is 12.6. The zero-order chi connectivity index (χ0) is 15.2. The molecular weight excluding hydrogens is 262 g/mol. The van der Waals surface area contributed by atoms with Crippen LogP contribution in [0.1, 0.15) is 27.9 Å². The number of nitriles is 1. The second kappa shape index (κ2) is 6.87. The lowest BCUT2D eigenvalue weighted by atomic mass is 10.1. The molecule has 0 saturated heterocycles. The van der Waals surface area contributed by atoms with Crippen LogP contribution >= 0.6 is 0 Å². The average Bonchev–Trinajstić information content (AvgIpc) is 2.50. The van der Waals surface area contributed by atoms with Gasteiger partial charge in [-0.15, -0.1) is 0 Å². The van der Waals surface area contributed by atoms with Crippen molar-refractivity contribution in [1.82, 2.24) is 10.3 Å². The van der Waals surface area contributed by atoms with Crippen LogP contribution in [0.3, 0.4) is 0 Å². The maximum atomic E-state index is 8.89. The summed E-state index contributed by atoms with van der Waals surface area (Å²) in [4.78, 5) is 4.46. The third kappa shape index (κ3) is 3.59. The highest BCUT2D eigenvalue weighted by Crippen LogP contribution is 2.23. The Hall–Kier alpha value is -2.38. The minimum Gasteiger partial charge on any atom is -0.496 e. The minimum absolute atomic E-state index is 0.666. The number of benzene rings is 1. The molecule has 0 atom stereocenters. The Bertz CT molecular complexity index is 674. The van der Waals surface area contributed by atoms with E-state index >= 15 is 0 Å². The fourth-order valence-electron chi connectivity index (χ4n) is 2.33. The van der Waals surface area contributed by atoms with E-state index in [0.717, 1.165) is 28.1 Å². The zero-order valence-electron chi connectivity index (χ0n) is 12.6. The van der Waals surface area contributed by atoms with E-state index in [4.69, 9.17) is 10.00 Å². The normalized spacial score (nSPS) is 10.2. The van der Waals surface area contributed by atoms with Crippen LogP contribution in [0.2, 0.25) is 0 Å². The summed E-state index contributed by atoms with van der Waals surface area (Å²) in [7, 11) is 1.68. The van der Waals surface area contributed by atoms with E-state index in [9.17, 15) is 0 Å². The number of aromatic nitrogens is 1. The number of rotatable bonds is 5. The molecular formula is C17H19N3O. The number of hydrogen-bond donors (Lipinski definition) is 1. The molecule has 0 bridgehead atoms. The van der Waals surface area contributed by atoms with Crippen LogP contribution in [0, 0.1) is 25.2 Å². The van der Waals surface area contributed by atoms with Gasteiger partial charge in [0.2, 0.25) is 0 Å². The van der Waals surface area contributed by atoms with Gasteiger partial charge < -0.3 is 10.1 Å². The lowest BCUT2D eigenvalue weighted by molar-refractivity contribution is 0.406. The summed E-state index contributed by atoms with van der Waals surface area (Å²) in [6, 6.07) is 9.75. The Morgan fingerprint density at radius 1 is 1.29 bits per heavy atom. The molecule has 0 aliphatic rings. The number of pyridine rings is 1. The van der Waals surface area contributed by atoms with E-state index in [0.29, 0.717) is 18.7 Å². The molecule has 108 valence electrons. The first kappa shape index (κ1) is 15.0. The van der Waals surface area contributed by atoms with Gasteiger partial charge in [-0.2, -0.15) is 5.26 Å². The number of hydrogen-bond acceptors (Lipinski definition) is 4. The van der Waals surface area contributed by atoms with Crippen molar-refractivity contribution in [2.24, 2.45) is 0 Å². The van der Waals surface area contributed by atoms with Gasteiger partial charge in [-0.1, -0.05) is 12.1 Å². The lowest BCUT2D eigenvalue weighted by Gasteiger charge is -2.12. The molecule has 4 nitrogen and oxygen atoms in total. The molecule has 0 aliphatic heterocycles. The highest BCUT2D eigenvalue weighted by atomic mass is 16.5. The molecule has 0 aliphatic carbocycles. The second-order valence-electron chi connectivity index (χ2n) is 4.96. The molecule has 1 aromatic heterocycles. The second-order valence-corrected chi connectivity index (χ2v) is 4.96. The van der Waals surface area contributed by atoms with Crippen LogP contribution < -0.4 is 10.1 Å². The number of ether oxygens (including phenoxy) is 1. The molecule has 0 radical (unpaired) electrons. The van der Waals surface area contributed by atoms with Crippen LogP contribution in [-0.2, 0) is 13.1 Å². The Labute approximate surface area is 125 Å². The number of aryl methyl sites for hydroxylation is 1. The molecule has 1 N–H and O–H groups in total. The van der Waals surface area contributed by atoms with E-state index in [1.165, 1.54) is 0 Å². The molecule has 1 heterocycles. The maximum Gasteiger partial charge on any atom is 0.128 e. The summed E-state index contributed by atoms with van der Waals surface area (Å²) in [5.41, 5.74) is 4.86. The SMILES string of the molecule is COc1c(C)cnc(CNCc2cccc(C#N)c2)c1C. The fraction of sp³-hybridized carbons (Fsp3) is 0.294. The van der Waals surface area contributed by atoms with Crippen molar-refractivity contribution in [1.29, 1.82) is 5.26 Å². The van der Waals surface area contributed by atoms with Crippen molar-refractivity contribution >= 4 is 0 Å². The fourth-order valence-corrected chi connectivity index (χ4v) is 2.33. The molecule has 0 spiro atoms. The standard InChI is InChI=1S/C17H19N3O/c1-12-9-20-16(13(2)17(12)21-3)11-19-10-15-6-4-5-14(7-15)8-18/h4-7,9,19H,10-11H2,1-3H3. The number of nitrogens with zero attached hydrogens (tertiary/aromatic N) is 2. The van der Waals surface area contributed by atoms with Gasteiger partial charge in [0.1, 0.15) is 5.75 Å². The van der Waals surface area contributed by atoms with E-state index in [-0.39, 0.29) is 0 Å². The van der Waals surface area contributed by atoms with Crippen LogP contribution in [0.15, 0.2) is 30.5 Å². The first-order valence-corrected chi connectivity index (χ1v) is 6.84. The van der Waals surface area contributed by atoms with E-state index < -0.39 is 0 Å². The third-order valence-corrected chi connectivity index (χ3v) is 3.43. The largest absolute Gasteiger partial charge is 0.496 e. The van der Waals surface area contributed by atoms with Crippen molar-refractivity contribution in [3.63, 3.8) is 0 Å². The highest BCUT2D eigenvalue weighted by Gasteiger charge is 2.08. The molecule has 2 aromatic rings. The first-order valence-electron chi connectivity index (χ1n) is 6.84. The Morgan fingerprint density at radius 2 is 2.10 bits per heavy atom. The minimum atomic E-state index is 0.666. The third-order valence-electron chi connectivity index (χ3n) is 3.43. The Morgan fingerprint density at radius 3 is 2.81 bits per heavy atom. The molecule has 2 rings (SSSR count). The monoisotopic (exact) mass is 281 g/mol. The first-order chi connectivity index (χ1) is 10.2. The summed E-state index contributed by atoms with van der Waals surface area (Å²) >= 11 is 0. The van der Waals surface area contributed by atoms with Crippen molar-refractivity contribution in [3.05, 3.63) is 58.4 Å². The molecule has 21 heavy (non-hydrogen) atoms. The van der Waals surface area contributed by atoms with Crippen LogP contribution in [-0.4, -0.2) is 12.1 Å². The predicted octanol–water partition coefficient (Wildman–Crippen LogP) is 2.87. The molecule has 0 saturated carbocycles. The number of methoxy groups -OCH3 is 1. The average molecular weight is 281 g/mol. The quantitative estimate of drug-likeness (QED) is 0.915. The van der Waals surface area contributed by atoms with E-state index in [1.807, 2.05) is 38.2 Å². The van der Waals surface area contributed by atoms with Crippen molar-refractivity contribution in [3.8, 4) is 11.8 Å². The highest BCUT2D eigenvalue weighted by molar-refractivity contribution is 5.41. The Kier molecular flexibility index (Phi) is 4.91. The maximum absolute atomic E-state index is 8.89. The molecule has 0 amide bonds. The van der Waals surface area contributed by atoms with Gasteiger partial charge >= 0.3 is 0 Å². The topological polar surface area (TPSA) is 57.9 Å². The van der Waals surface area contributed by atoms with Gasteiger partial charge in [0.15, 0.2) is 0 Å². The number of nitrogens with one attached hydrogen (secondary N) is 1. The van der Waals surface area contributed by atoms with Crippen molar-refractivity contribution in [2.45, 2.75) is 26.9 Å². The molecule has 0 unspecified atom stereocenters. The van der Waals surface area contributed by atoms with E-state index in [2.05, 4.69) is 16.4 Å². The molecule has 1 aromatic carbocycles. The van der Waals surface area contributed by atoms with Gasteiger partial charge in [-0.05, 0) is 31.5 Å². The van der Waals surface area contributed by atoms with E-state index in [1.54, 1.807) is 13.2 Å². The van der Waals surface area contributed by atoms with Gasteiger partial charge in [-0.25, -0.2) is 0 Å². The predicted molar refractivity (Wildman–Crippen MR) is 82.0 cm³/mol. The summed E-state index contributed by atoms with van der Waals surface area (Å²) in [5, 5.41) is 12.2.